The van der Waals surface area contributed by atoms with E-state index in [4.69, 9.17) is 4.11 Å². The average molecular weight is 1070 g/mol. The van der Waals surface area contributed by atoms with Gasteiger partial charge in [0.25, 0.3) is 6.71 Å². The normalized spacial score (nSPS) is 20.0. The molecule has 0 unspecified atom stereocenters. The third-order valence-electron chi connectivity index (χ3n) is 18.1. The van der Waals surface area contributed by atoms with Crippen LogP contribution in [0.5, 0.6) is 0 Å². The fourth-order valence-electron chi connectivity index (χ4n) is 13.4. The van der Waals surface area contributed by atoms with Crippen LogP contribution >= 0.6 is 11.3 Å². The Morgan fingerprint density at radius 1 is 0.494 bits per heavy atom. The summed E-state index contributed by atoms with van der Waals surface area (Å²) in [6.07, 6.45) is 3.27. The molecule has 2 aliphatic heterocycles. The van der Waals surface area contributed by atoms with E-state index >= 15 is 0 Å². The molecule has 4 aliphatic rings. The summed E-state index contributed by atoms with van der Waals surface area (Å²) in [6.45, 7) is 30.3. The lowest BCUT2D eigenvalue weighted by Crippen LogP contribution is -2.61. The van der Waals surface area contributed by atoms with E-state index in [9.17, 15) is 16.4 Å². The molecule has 13 rings (SSSR count). The molecule has 0 N–H and O–H groups in total. The van der Waals surface area contributed by atoms with E-state index in [-0.39, 0.29) is 45.0 Å². The minimum Gasteiger partial charge on any atom is -0.311 e. The standard InChI is InChI=1S/C74H78BN3S/c1-69(2,3)48-30-33-52(34-31-48)77-61-43-53(76(50-26-20-16-21-27-50)51-28-22-17-23-29-51)44-62-66(61)75(68-67(77)54-42-49(70(4,5)6)32-37-63(54)79-68)58-45-56-57(73(11,12)39-38-72(56,9)10)46-60(58)78(62)59-36-35-55-65(64(59)47-24-18-15-19-25-47)74(13,14)41-40-71(55,7)8/h15-37,42-46H,38-41H2,1-14H3/i15D,16D,17D,18D,19D,20D,21D,22D,23D,24D,25D,26D,27D,28D,29D. The first kappa shape index (κ1) is 37.2. The van der Waals surface area contributed by atoms with Crippen LogP contribution < -0.4 is 30.4 Å². The second-order valence-electron chi connectivity index (χ2n) is 27.2. The average Bonchev–Trinajstić information content (AvgIpc) is 1.14. The molecule has 0 saturated carbocycles. The molecule has 1 aromatic heterocycles. The molecular weight excluding hydrogens is 974 g/mol. The molecule has 0 saturated heterocycles. The lowest BCUT2D eigenvalue weighted by atomic mass is 9.35. The lowest BCUT2D eigenvalue weighted by molar-refractivity contribution is 0.332. The number of thiophene rings is 1. The number of rotatable bonds is 6. The SMILES string of the molecule is [2H]c1c([2H])c([2H])c(-c2c(N3c4cc5c(cc4B4c6sc7ccc(C(C)(C)C)cc7c6N(c6ccc(C(C)(C)C)cc6)c6cc(N(c7c([2H])c([2H])c([2H])c([2H])c7[2H])c7c([2H])c([2H])c([2H])c([2H])c7[2H])cc3c64)C(C)(C)CCC5(C)C)ccc3c2C(C)(C)CCC3(C)C)c([2H])c1[2H]. The lowest BCUT2D eigenvalue weighted by Gasteiger charge is -2.48. The maximum atomic E-state index is 10.0. The van der Waals surface area contributed by atoms with Crippen molar-refractivity contribution in [3.63, 3.8) is 0 Å². The summed E-state index contributed by atoms with van der Waals surface area (Å²) in [6, 6.07) is 18.5. The Kier molecular flexibility index (Phi) is 8.40. The largest absolute Gasteiger partial charge is 0.311 e. The van der Waals surface area contributed by atoms with E-state index in [0.717, 1.165) is 89.9 Å². The second kappa shape index (κ2) is 17.8. The number of anilines is 9. The van der Waals surface area contributed by atoms with Gasteiger partial charge in [-0.25, -0.2) is 0 Å². The van der Waals surface area contributed by atoms with Gasteiger partial charge in [-0.15, -0.1) is 11.3 Å². The molecule has 0 amide bonds. The van der Waals surface area contributed by atoms with Crippen LogP contribution in [0.2, 0.25) is 0 Å². The molecular formula is C74H78BN3S. The van der Waals surface area contributed by atoms with E-state index in [1.165, 1.54) is 10.5 Å². The third kappa shape index (κ3) is 8.25. The quantitative estimate of drug-likeness (QED) is 0.154. The van der Waals surface area contributed by atoms with Crippen molar-refractivity contribution in [1.29, 1.82) is 0 Å². The van der Waals surface area contributed by atoms with Gasteiger partial charge in [0, 0.05) is 54.6 Å². The smallest absolute Gasteiger partial charge is 0.264 e. The molecule has 0 radical (unpaired) electrons. The molecule has 3 nitrogen and oxygen atoms in total. The van der Waals surface area contributed by atoms with E-state index in [0.29, 0.717) is 29.0 Å². The fraction of sp³-hybridized carbons (Fsp3) is 0.324. The van der Waals surface area contributed by atoms with Crippen molar-refractivity contribution in [3.05, 3.63) is 203 Å². The summed E-state index contributed by atoms with van der Waals surface area (Å²) in [7, 11) is 0. The van der Waals surface area contributed by atoms with Gasteiger partial charge in [-0.2, -0.15) is 0 Å². The minimum absolute atomic E-state index is 0.0265. The highest BCUT2D eigenvalue weighted by Crippen LogP contribution is 2.58. The van der Waals surface area contributed by atoms with Gasteiger partial charge in [0.05, 0.1) is 37.6 Å². The van der Waals surface area contributed by atoms with E-state index in [1.54, 1.807) is 11.3 Å². The Balaban J connectivity index is 1.31. The highest BCUT2D eigenvalue weighted by atomic mass is 32.1. The first-order valence-corrected chi connectivity index (χ1v) is 28.8. The van der Waals surface area contributed by atoms with E-state index < -0.39 is 107 Å². The number of benzene rings is 8. The van der Waals surface area contributed by atoms with E-state index in [2.05, 4.69) is 167 Å². The highest BCUT2D eigenvalue weighted by Gasteiger charge is 2.50. The predicted molar refractivity (Wildman–Crippen MR) is 344 cm³/mol. The van der Waals surface area contributed by atoms with Crippen LogP contribution in [0.25, 0.3) is 21.2 Å². The van der Waals surface area contributed by atoms with Gasteiger partial charge in [-0.1, -0.05) is 194 Å². The Labute approximate surface area is 497 Å². The number of nitrogens with zero attached hydrogens (tertiary/aromatic N) is 3. The first-order valence-electron chi connectivity index (χ1n) is 35.5. The Bertz CT molecular complexity index is 4650. The fourth-order valence-corrected chi connectivity index (χ4v) is 14.7. The van der Waals surface area contributed by atoms with Crippen molar-refractivity contribution in [1.82, 2.24) is 0 Å². The molecule has 2 aliphatic carbocycles. The maximum absolute atomic E-state index is 10.0. The Hall–Kier alpha value is -6.82. The Morgan fingerprint density at radius 2 is 1.01 bits per heavy atom. The topological polar surface area (TPSA) is 9.72 Å². The molecule has 0 fully saturated rings. The first-order chi connectivity index (χ1) is 43.6. The van der Waals surface area contributed by atoms with Gasteiger partial charge in [-0.05, 0) is 181 Å². The molecule has 0 bridgehead atoms. The predicted octanol–water partition coefficient (Wildman–Crippen LogP) is 19.4. The van der Waals surface area contributed by atoms with Crippen molar-refractivity contribution in [3.8, 4) is 11.1 Å². The molecule has 8 aromatic carbocycles. The number of fused-ring (bicyclic) bond motifs is 8. The third-order valence-corrected chi connectivity index (χ3v) is 19.3. The zero-order valence-corrected chi connectivity index (χ0v) is 49.0. The van der Waals surface area contributed by atoms with Crippen molar-refractivity contribution in [2.45, 2.75) is 155 Å². The van der Waals surface area contributed by atoms with Crippen LogP contribution in [-0.2, 0) is 32.5 Å². The molecule has 3 heterocycles. The van der Waals surface area contributed by atoms with Crippen molar-refractivity contribution < 1.29 is 20.6 Å². The summed E-state index contributed by atoms with van der Waals surface area (Å²) in [5.74, 6) is 0. The summed E-state index contributed by atoms with van der Waals surface area (Å²) in [5, 5.41) is 0.976. The monoisotopic (exact) mass is 1070 g/mol. The van der Waals surface area contributed by atoms with Gasteiger partial charge in [-0.3, -0.25) is 0 Å². The number of hydrogen-bond acceptors (Lipinski definition) is 4. The van der Waals surface area contributed by atoms with Crippen LogP contribution in [0, 0.1) is 0 Å². The van der Waals surface area contributed by atoms with Gasteiger partial charge in [0.1, 0.15) is 0 Å². The Morgan fingerprint density at radius 3 is 1.59 bits per heavy atom. The highest BCUT2D eigenvalue weighted by molar-refractivity contribution is 7.33. The molecule has 5 heteroatoms. The van der Waals surface area contributed by atoms with Crippen LogP contribution in [0.1, 0.15) is 177 Å². The van der Waals surface area contributed by atoms with Crippen LogP contribution in [0.4, 0.5) is 51.2 Å². The molecule has 398 valence electrons. The second-order valence-corrected chi connectivity index (χ2v) is 28.3. The molecule has 79 heavy (non-hydrogen) atoms. The number of hydrogen-bond donors (Lipinski definition) is 0. The van der Waals surface area contributed by atoms with Gasteiger partial charge >= 0.3 is 0 Å². The maximum Gasteiger partial charge on any atom is 0.264 e. The minimum atomic E-state index is -0.703. The van der Waals surface area contributed by atoms with Crippen molar-refractivity contribution >= 4 is 95.0 Å². The summed E-state index contributed by atoms with van der Waals surface area (Å²) < 4.78 is 144. The van der Waals surface area contributed by atoms with Gasteiger partial charge in [0.15, 0.2) is 0 Å². The molecule has 0 atom stereocenters. The van der Waals surface area contributed by atoms with Crippen LogP contribution in [0.15, 0.2) is 169 Å². The van der Waals surface area contributed by atoms with Crippen LogP contribution in [-0.4, -0.2) is 6.71 Å². The molecule has 9 aromatic rings. The zero-order chi connectivity index (χ0) is 68.4. The van der Waals surface area contributed by atoms with Crippen molar-refractivity contribution in [2.24, 2.45) is 0 Å². The summed E-state index contributed by atoms with van der Waals surface area (Å²) in [5.41, 5.74) is 9.33. The van der Waals surface area contributed by atoms with Crippen LogP contribution in [0.3, 0.4) is 0 Å². The summed E-state index contributed by atoms with van der Waals surface area (Å²) >= 11 is 1.71. The zero-order valence-electron chi connectivity index (χ0n) is 63.2. The van der Waals surface area contributed by atoms with E-state index in [1.807, 2.05) is 18.2 Å². The summed E-state index contributed by atoms with van der Waals surface area (Å²) in [4.78, 5) is 5.63. The van der Waals surface area contributed by atoms with Gasteiger partial charge < -0.3 is 14.7 Å². The van der Waals surface area contributed by atoms with Gasteiger partial charge in [0.2, 0.25) is 0 Å². The molecule has 0 spiro atoms. The number of para-hydroxylation sites is 2. The van der Waals surface area contributed by atoms with Crippen molar-refractivity contribution in [2.75, 3.05) is 14.7 Å².